The molecule has 0 spiro atoms. The number of amides is 1. The Bertz CT molecular complexity index is 483. The maximum atomic E-state index is 12.0. The molecule has 1 heterocycles. The van der Waals surface area contributed by atoms with Crippen molar-refractivity contribution < 1.29 is 14.3 Å². The van der Waals surface area contributed by atoms with E-state index < -0.39 is 0 Å². The van der Waals surface area contributed by atoms with Gasteiger partial charge in [0.15, 0.2) is 0 Å². The fourth-order valence-corrected chi connectivity index (χ4v) is 2.18. The van der Waals surface area contributed by atoms with Gasteiger partial charge in [-0.3, -0.25) is 4.79 Å². The summed E-state index contributed by atoms with van der Waals surface area (Å²) in [4.78, 5) is 14.1. The Kier molecular flexibility index (Phi) is 11.8. The molecule has 1 saturated heterocycles. The summed E-state index contributed by atoms with van der Waals surface area (Å²) >= 11 is 0. The van der Waals surface area contributed by atoms with Crippen LogP contribution in [-0.4, -0.2) is 63.9 Å². The lowest BCUT2D eigenvalue weighted by atomic mass is 10.2. The highest BCUT2D eigenvalue weighted by molar-refractivity contribution is 5.91. The van der Waals surface area contributed by atoms with Crippen LogP contribution in [0.25, 0.3) is 0 Å². The van der Waals surface area contributed by atoms with Gasteiger partial charge in [0.1, 0.15) is 12.4 Å². The van der Waals surface area contributed by atoms with Crippen molar-refractivity contribution in [3.8, 4) is 5.75 Å². The van der Waals surface area contributed by atoms with Gasteiger partial charge >= 0.3 is 0 Å². The van der Waals surface area contributed by atoms with Crippen molar-refractivity contribution in [3.05, 3.63) is 24.3 Å². The highest BCUT2D eigenvalue weighted by atomic mass is 35.5. The lowest BCUT2D eigenvalue weighted by Crippen LogP contribution is -2.40. The smallest absolute Gasteiger partial charge is 0.227 e. The first-order valence-corrected chi connectivity index (χ1v) is 7.63. The molecule has 1 fully saturated rings. The van der Waals surface area contributed by atoms with Crippen molar-refractivity contribution in [2.75, 3.05) is 52.3 Å². The van der Waals surface area contributed by atoms with E-state index in [2.05, 4.69) is 15.5 Å². The summed E-state index contributed by atoms with van der Waals surface area (Å²) in [6.45, 7) is 3.70. The van der Waals surface area contributed by atoms with E-state index in [-0.39, 0.29) is 36.8 Å². The molecular weight excluding hydrogens is 353 g/mol. The molecule has 6 nitrogen and oxygen atoms in total. The predicted molar refractivity (Wildman–Crippen MR) is 101 cm³/mol. The number of hydrogen-bond donors (Lipinski definition) is 2. The second-order valence-electron chi connectivity index (χ2n) is 5.63. The maximum absolute atomic E-state index is 12.0. The number of nitrogens with zero attached hydrogens (tertiary/aromatic N) is 1. The summed E-state index contributed by atoms with van der Waals surface area (Å²) in [6.07, 6.45) is 0.312. The van der Waals surface area contributed by atoms with Crippen LogP contribution >= 0.6 is 24.8 Å². The van der Waals surface area contributed by atoms with Crippen molar-refractivity contribution >= 4 is 36.4 Å². The van der Waals surface area contributed by atoms with E-state index in [1.807, 2.05) is 38.4 Å². The van der Waals surface area contributed by atoms with Crippen molar-refractivity contribution in [2.45, 2.75) is 12.5 Å². The average molecular weight is 380 g/mol. The summed E-state index contributed by atoms with van der Waals surface area (Å²) in [5.74, 6) is 0.717. The van der Waals surface area contributed by atoms with Gasteiger partial charge in [0.2, 0.25) is 5.91 Å². The van der Waals surface area contributed by atoms with Gasteiger partial charge in [-0.2, -0.15) is 0 Å². The lowest BCUT2D eigenvalue weighted by Gasteiger charge is -2.23. The third kappa shape index (κ3) is 8.70. The molecule has 0 aromatic heterocycles. The van der Waals surface area contributed by atoms with E-state index in [4.69, 9.17) is 9.47 Å². The van der Waals surface area contributed by atoms with E-state index in [1.54, 1.807) is 0 Å². The normalized spacial score (nSPS) is 16.7. The Morgan fingerprint density at radius 3 is 2.88 bits per heavy atom. The van der Waals surface area contributed by atoms with Crippen LogP contribution < -0.4 is 15.4 Å². The molecule has 1 aliphatic rings. The van der Waals surface area contributed by atoms with Crippen molar-refractivity contribution in [3.63, 3.8) is 0 Å². The summed E-state index contributed by atoms with van der Waals surface area (Å²) in [5, 5.41) is 6.11. The van der Waals surface area contributed by atoms with Gasteiger partial charge < -0.3 is 25.0 Å². The molecule has 2 N–H and O–H groups in total. The maximum Gasteiger partial charge on any atom is 0.227 e. The third-order valence-corrected chi connectivity index (χ3v) is 3.34. The fraction of sp³-hybridized carbons (Fsp3) is 0.562. The molecule has 0 radical (unpaired) electrons. The Labute approximate surface area is 156 Å². The van der Waals surface area contributed by atoms with E-state index in [0.29, 0.717) is 19.6 Å². The Balaban J connectivity index is 0.00000264. The van der Waals surface area contributed by atoms with Gasteiger partial charge in [0.25, 0.3) is 0 Å². The quantitative estimate of drug-likeness (QED) is 0.755. The summed E-state index contributed by atoms with van der Waals surface area (Å²) in [6, 6.07) is 7.46. The number of halogens is 2. The predicted octanol–water partition coefficient (Wildman–Crippen LogP) is 1.79. The second kappa shape index (κ2) is 12.3. The number of nitrogens with one attached hydrogen (secondary N) is 2. The van der Waals surface area contributed by atoms with Crippen LogP contribution in [0.15, 0.2) is 24.3 Å². The zero-order valence-electron chi connectivity index (χ0n) is 14.1. The molecule has 0 bridgehead atoms. The van der Waals surface area contributed by atoms with E-state index >= 15 is 0 Å². The van der Waals surface area contributed by atoms with Crippen LogP contribution in [0.4, 0.5) is 5.69 Å². The minimum absolute atomic E-state index is 0. The number of hydrogen-bond acceptors (Lipinski definition) is 5. The minimum Gasteiger partial charge on any atom is -0.492 e. The zero-order chi connectivity index (χ0) is 15.8. The van der Waals surface area contributed by atoms with Crippen LogP contribution in [0, 0.1) is 0 Å². The van der Waals surface area contributed by atoms with E-state index in [0.717, 1.165) is 31.1 Å². The Morgan fingerprint density at radius 1 is 1.42 bits per heavy atom. The van der Waals surface area contributed by atoms with Gasteiger partial charge in [-0.1, -0.05) is 6.07 Å². The van der Waals surface area contributed by atoms with Gasteiger partial charge in [0, 0.05) is 31.4 Å². The number of carbonyl (C=O) groups is 1. The molecule has 0 saturated carbocycles. The molecule has 24 heavy (non-hydrogen) atoms. The molecule has 2 rings (SSSR count). The molecule has 1 aromatic carbocycles. The number of likely N-dealkylation sites (N-methyl/N-ethyl adjacent to an activating group) is 1. The monoisotopic (exact) mass is 379 g/mol. The number of morpholine rings is 1. The van der Waals surface area contributed by atoms with Crippen molar-refractivity contribution in [1.29, 1.82) is 0 Å². The largest absolute Gasteiger partial charge is 0.492 e. The zero-order valence-corrected chi connectivity index (χ0v) is 15.8. The number of ether oxygens (including phenoxy) is 2. The minimum atomic E-state index is -0.0479. The van der Waals surface area contributed by atoms with Gasteiger partial charge in [-0.05, 0) is 26.2 Å². The lowest BCUT2D eigenvalue weighted by molar-refractivity contribution is -0.119. The van der Waals surface area contributed by atoms with Gasteiger partial charge in [-0.25, -0.2) is 0 Å². The van der Waals surface area contributed by atoms with Crippen LogP contribution in [0.3, 0.4) is 0 Å². The number of rotatable bonds is 7. The molecule has 8 heteroatoms. The molecule has 1 aromatic rings. The van der Waals surface area contributed by atoms with E-state index in [9.17, 15) is 4.79 Å². The topological polar surface area (TPSA) is 62.8 Å². The van der Waals surface area contributed by atoms with Crippen LogP contribution in [0.5, 0.6) is 5.75 Å². The molecule has 1 atom stereocenters. The highest BCUT2D eigenvalue weighted by Crippen LogP contribution is 2.18. The van der Waals surface area contributed by atoms with Crippen LogP contribution in [-0.2, 0) is 9.53 Å². The molecular formula is C16H27Cl2N3O3. The van der Waals surface area contributed by atoms with E-state index in [1.165, 1.54) is 0 Å². The number of carbonyl (C=O) groups excluding carboxylic acids is 1. The molecule has 0 aliphatic carbocycles. The fourth-order valence-electron chi connectivity index (χ4n) is 2.18. The number of anilines is 1. The second-order valence-corrected chi connectivity index (χ2v) is 5.63. The standard InChI is InChI=1S/C16H25N3O3.2ClH/c1-19(2)7-9-22-14-5-3-4-13(10-14)18-16(20)11-15-12-17-6-8-21-15;;/h3-5,10,15,17H,6-9,11-12H2,1-2H3,(H,18,20);2*1H. The van der Waals surface area contributed by atoms with Crippen molar-refractivity contribution in [1.82, 2.24) is 10.2 Å². The number of benzene rings is 1. The first-order chi connectivity index (χ1) is 10.6. The first-order valence-electron chi connectivity index (χ1n) is 7.63. The van der Waals surface area contributed by atoms with Crippen LogP contribution in [0.1, 0.15) is 6.42 Å². The Morgan fingerprint density at radius 2 is 2.21 bits per heavy atom. The summed E-state index contributed by atoms with van der Waals surface area (Å²) in [5.41, 5.74) is 0.746. The summed E-state index contributed by atoms with van der Waals surface area (Å²) < 4.78 is 11.2. The molecule has 1 aliphatic heterocycles. The average Bonchev–Trinajstić information content (AvgIpc) is 2.48. The first kappa shape index (κ1) is 22.9. The Hall–Kier alpha value is -1.05. The summed E-state index contributed by atoms with van der Waals surface area (Å²) in [7, 11) is 4.00. The van der Waals surface area contributed by atoms with Gasteiger partial charge in [0.05, 0.1) is 19.1 Å². The van der Waals surface area contributed by atoms with Gasteiger partial charge in [-0.15, -0.1) is 24.8 Å². The molecule has 1 unspecified atom stereocenters. The third-order valence-electron chi connectivity index (χ3n) is 3.34. The highest BCUT2D eigenvalue weighted by Gasteiger charge is 2.17. The SMILES string of the molecule is CN(C)CCOc1cccc(NC(=O)CC2CNCCO2)c1.Cl.Cl. The molecule has 138 valence electrons. The molecule has 1 amide bonds. The van der Waals surface area contributed by atoms with Crippen molar-refractivity contribution in [2.24, 2.45) is 0 Å². The van der Waals surface area contributed by atoms with Crippen LogP contribution in [0.2, 0.25) is 0 Å².